The number of benzene rings is 1. The van der Waals surface area contributed by atoms with Crippen LogP contribution >= 0.6 is 15.9 Å². The maximum atomic E-state index is 13.4. The molecule has 21 heavy (non-hydrogen) atoms. The Morgan fingerprint density at radius 2 is 2.14 bits per heavy atom. The third kappa shape index (κ3) is 4.74. The highest BCUT2D eigenvalue weighted by atomic mass is 79.9. The summed E-state index contributed by atoms with van der Waals surface area (Å²) in [7, 11) is 6.37. The van der Waals surface area contributed by atoms with Crippen LogP contribution < -0.4 is 5.32 Å². The Labute approximate surface area is 135 Å². The van der Waals surface area contributed by atoms with Gasteiger partial charge in [0.1, 0.15) is 5.82 Å². The molecule has 0 spiro atoms. The second-order valence-electron chi connectivity index (χ2n) is 6.06. The molecule has 3 nitrogen and oxygen atoms in total. The van der Waals surface area contributed by atoms with Crippen molar-refractivity contribution in [3.05, 3.63) is 34.1 Å². The normalized spacial score (nSPS) is 22.4. The van der Waals surface area contributed by atoms with E-state index in [1.54, 1.807) is 12.1 Å². The van der Waals surface area contributed by atoms with Crippen LogP contribution in [0, 0.1) is 5.82 Å². The zero-order valence-electron chi connectivity index (χ0n) is 13.1. The van der Waals surface area contributed by atoms with Crippen LogP contribution in [-0.2, 0) is 6.42 Å². The summed E-state index contributed by atoms with van der Waals surface area (Å²) in [5.74, 6) is -0.169. The zero-order chi connectivity index (χ0) is 15.4. The molecule has 1 heterocycles. The molecule has 1 aliphatic heterocycles. The molecule has 2 unspecified atom stereocenters. The lowest BCUT2D eigenvalue weighted by Gasteiger charge is -2.39. The molecule has 5 heteroatoms. The standard InChI is InChI=1S/C16H25BrFN3/c1-19-14(9-12-8-13(18)4-5-16(12)17)10-15-11-20(2)6-7-21(15)3/h4-5,8,14-15,19H,6-7,9-11H2,1-3H3. The molecule has 1 fully saturated rings. The Balaban J connectivity index is 2.01. The zero-order valence-corrected chi connectivity index (χ0v) is 14.7. The maximum Gasteiger partial charge on any atom is 0.123 e. The van der Waals surface area contributed by atoms with E-state index in [1.807, 2.05) is 7.05 Å². The number of nitrogens with one attached hydrogen (secondary N) is 1. The lowest BCUT2D eigenvalue weighted by atomic mass is 9.97. The minimum atomic E-state index is -0.169. The van der Waals surface area contributed by atoms with Gasteiger partial charge in [-0.2, -0.15) is 0 Å². The molecule has 0 saturated carbocycles. The molecule has 1 aromatic carbocycles. The van der Waals surface area contributed by atoms with Gasteiger partial charge in [0.25, 0.3) is 0 Å². The van der Waals surface area contributed by atoms with Gasteiger partial charge in [0.2, 0.25) is 0 Å². The van der Waals surface area contributed by atoms with Crippen molar-refractivity contribution in [2.75, 3.05) is 40.8 Å². The number of likely N-dealkylation sites (N-methyl/N-ethyl adjacent to an activating group) is 3. The first-order valence-electron chi connectivity index (χ1n) is 7.49. The molecule has 1 saturated heterocycles. The Bertz CT molecular complexity index is 469. The molecule has 118 valence electrons. The van der Waals surface area contributed by atoms with E-state index in [4.69, 9.17) is 0 Å². The second-order valence-corrected chi connectivity index (χ2v) is 6.91. The Hall–Kier alpha value is -0.490. The predicted molar refractivity (Wildman–Crippen MR) is 89.2 cm³/mol. The number of piperazine rings is 1. The molecule has 1 N–H and O–H groups in total. The van der Waals surface area contributed by atoms with Gasteiger partial charge in [0, 0.05) is 36.2 Å². The molecular formula is C16H25BrFN3. The summed E-state index contributed by atoms with van der Waals surface area (Å²) in [6, 6.07) is 5.81. The lowest BCUT2D eigenvalue weighted by Crippen LogP contribution is -2.52. The highest BCUT2D eigenvalue weighted by molar-refractivity contribution is 9.10. The van der Waals surface area contributed by atoms with E-state index in [-0.39, 0.29) is 5.82 Å². The maximum absolute atomic E-state index is 13.4. The molecule has 2 atom stereocenters. The van der Waals surface area contributed by atoms with Crippen molar-refractivity contribution in [2.45, 2.75) is 24.9 Å². The molecule has 0 amide bonds. The molecule has 0 radical (unpaired) electrons. The van der Waals surface area contributed by atoms with E-state index >= 15 is 0 Å². The third-order valence-corrected chi connectivity index (χ3v) is 5.19. The third-order valence-electron chi connectivity index (χ3n) is 4.42. The number of hydrogen-bond donors (Lipinski definition) is 1. The van der Waals surface area contributed by atoms with E-state index in [9.17, 15) is 4.39 Å². The SMILES string of the molecule is CNC(Cc1cc(F)ccc1Br)CC1CN(C)CCN1C. The average molecular weight is 358 g/mol. The van der Waals surface area contributed by atoms with Gasteiger partial charge in [-0.05, 0) is 57.7 Å². The van der Waals surface area contributed by atoms with Crippen LogP contribution in [0.1, 0.15) is 12.0 Å². The molecule has 1 aliphatic rings. The number of halogens is 2. The van der Waals surface area contributed by atoms with Gasteiger partial charge in [-0.3, -0.25) is 0 Å². The second kappa shape index (κ2) is 7.68. The van der Waals surface area contributed by atoms with Crippen LogP contribution in [0.5, 0.6) is 0 Å². The van der Waals surface area contributed by atoms with E-state index in [0.29, 0.717) is 12.1 Å². The van der Waals surface area contributed by atoms with Gasteiger partial charge in [-0.25, -0.2) is 4.39 Å². The molecule has 0 bridgehead atoms. The first kappa shape index (κ1) is 16.9. The van der Waals surface area contributed by atoms with Crippen LogP contribution in [0.15, 0.2) is 22.7 Å². The molecule has 2 rings (SSSR count). The fraction of sp³-hybridized carbons (Fsp3) is 0.625. The fourth-order valence-corrected chi connectivity index (χ4v) is 3.36. The van der Waals surface area contributed by atoms with Crippen LogP contribution in [0.4, 0.5) is 4.39 Å². The first-order chi connectivity index (χ1) is 9.99. The topological polar surface area (TPSA) is 18.5 Å². The Morgan fingerprint density at radius 1 is 1.38 bits per heavy atom. The van der Waals surface area contributed by atoms with Crippen molar-refractivity contribution >= 4 is 15.9 Å². The van der Waals surface area contributed by atoms with Gasteiger partial charge in [0.15, 0.2) is 0 Å². The van der Waals surface area contributed by atoms with Crippen molar-refractivity contribution in [3.63, 3.8) is 0 Å². The summed E-state index contributed by atoms with van der Waals surface area (Å²) in [6.45, 7) is 3.34. The van der Waals surface area contributed by atoms with Crippen LogP contribution in [0.25, 0.3) is 0 Å². The van der Waals surface area contributed by atoms with Crippen molar-refractivity contribution in [2.24, 2.45) is 0 Å². The highest BCUT2D eigenvalue weighted by Gasteiger charge is 2.25. The Kier molecular flexibility index (Phi) is 6.17. The molecule has 0 aliphatic carbocycles. The molecular weight excluding hydrogens is 333 g/mol. The van der Waals surface area contributed by atoms with Crippen LogP contribution in [0.3, 0.4) is 0 Å². The van der Waals surface area contributed by atoms with Gasteiger partial charge in [-0.1, -0.05) is 15.9 Å². The van der Waals surface area contributed by atoms with E-state index in [0.717, 1.165) is 42.5 Å². The van der Waals surface area contributed by atoms with Crippen molar-refractivity contribution < 1.29 is 4.39 Å². The summed E-state index contributed by atoms with van der Waals surface area (Å²) in [5.41, 5.74) is 1.03. The van der Waals surface area contributed by atoms with E-state index in [1.165, 1.54) is 6.07 Å². The van der Waals surface area contributed by atoms with Crippen molar-refractivity contribution in [3.8, 4) is 0 Å². The first-order valence-corrected chi connectivity index (χ1v) is 8.29. The largest absolute Gasteiger partial charge is 0.317 e. The summed E-state index contributed by atoms with van der Waals surface area (Å²) >= 11 is 3.52. The summed E-state index contributed by atoms with van der Waals surface area (Å²) in [6.07, 6.45) is 1.91. The van der Waals surface area contributed by atoms with Crippen molar-refractivity contribution in [1.82, 2.24) is 15.1 Å². The summed E-state index contributed by atoms with van der Waals surface area (Å²) < 4.78 is 14.4. The van der Waals surface area contributed by atoms with Gasteiger partial charge < -0.3 is 15.1 Å². The van der Waals surface area contributed by atoms with E-state index in [2.05, 4.69) is 45.1 Å². The number of rotatable bonds is 5. The predicted octanol–water partition coefficient (Wildman–Crippen LogP) is 2.35. The Morgan fingerprint density at radius 3 is 2.86 bits per heavy atom. The van der Waals surface area contributed by atoms with Crippen LogP contribution in [-0.4, -0.2) is 62.7 Å². The molecule has 0 aromatic heterocycles. The van der Waals surface area contributed by atoms with Gasteiger partial charge >= 0.3 is 0 Å². The van der Waals surface area contributed by atoms with Crippen molar-refractivity contribution in [1.29, 1.82) is 0 Å². The van der Waals surface area contributed by atoms with Crippen LogP contribution in [0.2, 0.25) is 0 Å². The quantitative estimate of drug-likeness (QED) is 0.872. The summed E-state index contributed by atoms with van der Waals surface area (Å²) in [4.78, 5) is 4.82. The highest BCUT2D eigenvalue weighted by Crippen LogP contribution is 2.21. The monoisotopic (exact) mass is 357 g/mol. The smallest absolute Gasteiger partial charge is 0.123 e. The minimum Gasteiger partial charge on any atom is -0.317 e. The van der Waals surface area contributed by atoms with Gasteiger partial charge in [-0.15, -0.1) is 0 Å². The molecule has 1 aromatic rings. The minimum absolute atomic E-state index is 0.169. The summed E-state index contributed by atoms with van der Waals surface area (Å²) in [5, 5.41) is 3.39. The lowest BCUT2D eigenvalue weighted by molar-refractivity contribution is 0.102. The fourth-order valence-electron chi connectivity index (χ4n) is 2.95. The number of nitrogens with zero attached hydrogens (tertiary/aromatic N) is 2. The number of hydrogen-bond acceptors (Lipinski definition) is 3. The van der Waals surface area contributed by atoms with E-state index < -0.39 is 0 Å². The van der Waals surface area contributed by atoms with Gasteiger partial charge in [0.05, 0.1) is 0 Å². The average Bonchev–Trinajstić information content (AvgIpc) is 2.45.